The van der Waals surface area contributed by atoms with Gasteiger partial charge in [-0.1, -0.05) is 0 Å². The third-order valence-corrected chi connectivity index (χ3v) is 3.35. The zero-order valence-electron chi connectivity index (χ0n) is 11.2. The SMILES string of the molecule is CC(Nc1ccc(OCCC(N)=O)cc1)c1cscn1. The van der Waals surface area contributed by atoms with Crippen LogP contribution in [0.15, 0.2) is 35.2 Å². The van der Waals surface area contributed by atoms with E-state index in [0.717, 1.165) is 17.1 Å². The summed E-state index contributed by atoms with van der Waals surface area (Å²) in [5, 5.41) is 5.39. The first kappa shape index (κ1) is 14.3. The van der Waals surface area contributed by atoms with E-state index in [1.165, 1.54) is 0 Å². The molecule has 0 aliphatic carbocycles. The van der Waals surface area contributed by atoms with Gasteiger partial charge in [0.25, 0.3) is 0 Å². The second kappa shape index (κ2) is 6.91. The molecule has 2 rings (SSSR count). The second-order valence-electron chi connectivity index (χ2n) is 4.37. The summed E-state index contributed by atoms with van der Waals surface area (Å²) in [5.74, 6) is 0.360. The first-order valence-corrected chi connectivity index (χ1v) is 7.25. The van der Waals surface area contributed by atoms with Crippen LogP contribution >= 0.6 is 11.3 Å². The molecule has 1 aromatic heterocycles. The predicted molar refractivity (Wildman–Crippen MR) is 79.9 cm³/mol. The van der Waals surface area contributed by atoms with Gasteiger partial charge in [0.1, 0.15) is 5.75 Å². The minimum absolute atomic E-state index is 0.155. The van der Waals surface area contributed by atoms with E-state index in [1.54, 1.807) is 11.3 Å². The Bertz CT molecular complexity index is 540. The molecule has 2 aromatic rings. The molecule has 6 heteroatoms. The van der Waals surface area contributed by atoms with E-state index in [0.29, 0.717) is 6.61 Å². The lowest BCUT2D eigenvalue weighted by Crippen LogP contribution is -2.14. The van der Waals surface area contributed by atoms with E-state index < -0.39 is 0 Å². The Morgan fingerprint density at radius 1 is 1.45 bits per heavy atom. The smallest absolute Gasteiger partial charge is 0.220 e. The summed E-state index contributed by atoms with van der Waals surface area (Å²) in [4.78, 5) is 14.9. The number of amides is 1. The van der Waals surface area contributed by atoms with Gasteiger partial charge in [0, 0.05) is 11.1 Å². The second-order valence-corrected chi connectivity index (χ2v) is 5.09. The maximum absolute atomic E-state index is 10.6. The van der Waals surface area contributed by atoms with E-state index >= 15 is 0 Å². The highest BCUT2D eigenvalue weighted by molar-refractivity contribution is 7.07. The van der Waals surface area contributed by atoms with Crippen LogP contribution in [0.5, 0.6) is 5.75 Å². The van der Waals surface area contributed by atoms with Crippen molar-refractivity contribution in [2.24, 2.45) is 5.73 Å². The van der Waals surface area contributed by atoms with Gasteiger partial charge in [0.2, 0.25) is 5.91 Å². The number of nitrogens with zero attached hydrogens (tertiary/aromatic N) is 1. The molecule has 1 aromatic carbocycles. The van der Waals surface area contributed by atoms with Crippen LogP contribution in [-0.4, -0.2) is 17.5 Å². The Morgan fingerprint density at radius 3 is 2.80 bits per heavy atom. The number of benzene rings is 1. The minimum Gasteiger partial charge on any atom is -0.493 e. The third-order valence-electron chi connectivity index (χ3n) is 2.75. The van der Waals surface area contributed by atoms with Gasteiger partial charge in [-0.05, 0) is 31.2 Å². The van der Waals surface area contributed by atoms with Gasteiger partial charge in [-0.25, -0.2) is 4.98 Å². The van der Waals surface area contributed by atoms with Crippen molar-refractivity contribution in [1.29, 1.82) is 0 Å². The molecule has 0 aliphatic rings. The lowest BCUT2D eigenvalue weighted by molar-refractivity contribution is -0.118. The van der Waals surface area contributed by atoms with Crippen molar-refractivity contribution in [3.8, 4) is 5.75 Å². The van der Waals surface area contributed by atoms with Crippen LogP contribution in [0.4, 0.5) is 5.69 Å². The number of primary amides is 1. The predicted octanol–water partition coefficient (Wildman–Crippen LogP) is 2.57. The number of carbonyl (C=O) groups excluding carboxylic acids is 1. The highest BCUT2D eigenvalue weighted by Crippen LogP contribution is 2.21. The number of nitrogens with one attached hydrogen (secondary N) is 1. The van der Waals surface area contributed by atoms with Crippen molar-refractivity contribution < 1.29 is 9.53 Å². The lowest BCUT2D eigenvalue weighted by Gasteiger charge is -2.13. The topological polar surface area (TPSA) is 77.2 Å². The molecular formula is C14H17N3O2S. The van der Waals surface area contributed by atoms with Crippen LogP contribution in [0.3, 0.4) is 0 Å². The van der Waals surface area contributed by atoms with Crippen LogP contribution in [-0.2, 0) is 4.79 Å². The molecule has 0 fully saturated rings. The number of thiazole rings is 1. The van der Waals surface area contributed by atoms with Crippen molar-refractivity contribution in [2.75, 3.05) is 11.9 Å². The van der Waals surface area contributed by atoms with Crippen molar-refractivity contribution in [3.63, 3.8) is 0 Å². The van der Waals surface area contributed by atoms with Crippen LogP contribution in [0.2, 0.25) is 0 Å². The summed E-state index contributed by atoms with van der Waals surface area (Å²) in [6, 6.07) is 7.74. The fraction of sp³-hybridized carbons (Fsp3) is 0.286. The zero-order chi connectivity index (χ0) is 14.4. The molecule has 0 saturated heterocycles. The number of nitrogens with two attached hydrogens (primary N) is 1. The van der Waals surface area contributed by atoms with Gasteiger partial charge in [-0.2, -0.15) is 0 Å². The van der Waals surface area contributed by atoms with E-state index in [4.69, 9.17) is 10.5 Å². The monoisotopic (exact) mass is 291 g/mol. The molecule has 5 nitrogen and oxygen atoms in total. The van der Waals surface area contributed by atoms with E-state index in [1.807, 2.05) is 35.2 Å². The van der Waals surface area contributed by atoms with Gasteiger partial charge in [0.15, 0.2) is 0 Å². The number of hydrogen-bond donors (Lipinski definition) is 2. The Kier molecular flexibility index (Phi) is 4.95. The summed E-state index contributed by atoms with van der Waals surface area (Å²) in [7, 11) is 0. The molecule has 20 heavy (non-hydrogen) atoms. The molecular weight excluding hydrogens is 274 g/mol. The molecule has 0 aliphatic heterocycles. The van der Waals surface area contributed by atoms with Gasteiger partial charge in [0.05, 0.1) is 30.3 Å². The molecule has 1 heterocycles. The number of rotatable bonds is 7. The minimum atomic E-state index is -0.361. The molecule has 1 unspecified atom stereocenters. The first-order valence-electron chi connectivity index (χ1n) is 6.31. The highest BCUT2D eigenvalue weighted by Gasteiger charge is 2.07. The van der Waals surface area contributed by atoms with Gasteiger partial charge < -0.3 is 15.8 Å². The van der Waals surface area contributed by atoms with Crippen molar-refractivity contribution >= 4 is 22.9 Å². The summed E-state index contributed by atoms with van der Waals surface area (Å²) in [5.41, 5.74) is 8.89. The average molecular weight is 291 g/mol. The molecule has 3 N–H and O–H groups in total. The summed E-state index contributed by atoms with van der Waals surface area (Å²) in [6.45, 7) is 2.36. The van der Waals surface area contributed by atoms with Crippen LogP contribution in [0.25, 0.3) is 0 Å². The lowest BCUT2D eigenvalue weighted by atomic mass is 10.2. The fourth-order valence-corrected chi connectivity index (χ4v) is 2.32. The Hall–Kier alpha value is -2.08. The third kappa shape index (κ3) is 4.24. The molecule has 1 atom stereocenters. The van der Waals surface area contributed by atoms with Crippen LogP contribution < -0.4 is 15.8 Å². The van der Waals surface area contributed by atoms with Gasteiger partial charge in [-0.3, -0.25) is 4.79 Å². The maximum atomic E-state index is 10.6. The largest absolute Gasteiger partial charge is 0.493 e. The summed E-state index contributed by atoms with van der Waals surface area (Å²) in [6.07, 6.45) is 0.223. The molecule has 106 valence electrons. The number of aromatic nitrogens is 1. The molecule has 0 radical (unpaired) electrons. The molecule has 1 amide bonds. The quantitative estimate of drug-likeness (QED) is 0.822. The van der Waals surface area contributed by atoms with Crippen LogP contribution in [0.1, 0.15) is 25.1 Å². The summed E-state index contributed by atoms with van der Waals surface area (Å²) >= 11 is 1.58. The maximum Gasteiger partial charge on any atom is 0.220 e. The Balaban J connectivity index is 1.86. The fourth-order valence-electron chi connectivity index (χ4n) is 1.68. The van der Waals surface area contributed by atoms with Gasteiger partial charge >= 0.3 is 0 Å². The molecule has 0 saturated carbocycles. The molecule has 0 bridgehead atoms. The standard InChI is InChI=1S/C14H17N3O2S/c1-10(13-8-20-9-16-13)17-11-2-4-12(5-3-11)19-7-6-14(15)18/h2-5,8-10,17H,6-7H2,1H3,(H2,15,18). The zero-order valence-corrected chi connectivity index (χ0v) is 12.0. The Labute approximate surface area is 121 Å². The number of carbonyl (C=O) groups is 1. The van der Waals surface area contributed by atoms with Crippen LogP contribution in [0, 0.1) is 0 Å². The number of hydrogen-bond acceptors (Lipinski definition) is 5. The van der Waals surface area contributed by atoms with Gasteiger partial charge in [-0.15, -0.1) is 11.3 Å². The van der Waals surface area contributed by atoms with E-state index in [2.05, 4.69) is 17.2 Å². The summed E-state index contributed by atoms with van der Waals surface area (Å²) < 4.78 is 5.41. The highest BCUT2D eigenvalue weighted by atomic mass is 32.1. The first-order chi connectivity index (χ1) is 9.65. The van der Waals surface area contributed by atoms with E-state index in [9.17, 15) is 4.79 Å². The molecule has 0 spiro atoms. The number of ether oxygens (including phenoxy) is 1. The van der Waals surface area contributed by atoms with Crippen molar-refractivity contribution in [2.45, 2.75) is 19.4 Å². The van der Waals surface area contributed by atoms with Crippen molar-refractivity contribution in [3.05, 3.63) is 40.8 Å². The van der Waals surface area contributed by atoms with E-state index in [-0.39, 0.29) is 18.4 Å². The average Bonchev–Trinajstić information content (AvgIpc) is 2.94. The Morgan fingerprint density at radius 2 is 2.20 bits per heavy atom. The van der Waals surface area contributed by atoms with Crippen molar-refractivity contribution in [1.82, 2.24) is 4.98 Å². The normalized spacial score (nSPS) is 11.8. The number of anilines is 1.